The van der Waals surface area contributed by atoms with E-state index in [1.165, 1.54) is 18.2 Å². The molecular weight excluding hydrogens is 244 g/mol. The Balaban J connectivity index is 2.37. The van der Waals surface area contributed by atoms with Crippen LogP contribution in [-0.4, -0.2) is 30.0 Å². The van der Waals surface area contributed by atoms with E-state index < -0.39 is 0 Å². The maximum atomic E-state index is 12.4. The molecule has 1 amide bonds. The highest BCUT2D eigenvalue weighted by Crippen LogP contribution is 2.24. The molecule has 2 aromatic heterocycles. The summed E-state index contributed by atoms with van der Waals surface area (Å²) in [6, 6.07) is 5.01. The highest BCUT2D eigenvalue weighted by molar-refractivity contribution is 6.08. The highest BCUT2D eigenvalue weighted by atomic mass is 16.5. The van der Waals surface area contributed by atoms with E-state index in [9.17, 15) is 4.79 Å². The van der Waals surface area contributed by atoms with E-state index in [-0.39, 0.29) is 11.8 Å². The molecule has 0 aliphatic rings. The van der Waals surface area contributed by atoms with Crippen LogP contribution in [0.15, 0.2) is 36.8 Å². The number of rotatable bonds is 3. The molecule has 19 heavy (non-hydrogen) atoms. The first-order valence-corrected chi connectivity index (χ1v) is 5.61. The lowest BCUT2D eigenvalue weighted by Crippen LogP contribution is -2.27. The second kappa shape index (κ2) is 5.34. The van der Waals surface area contributed by atoms with Gasteiger partial charge in [0.15, 0.2) is 0 Å². The van der Waals surface area contributed by atoms with Gasteiger partial charge in [-0.2, -0.15) is 0 Å². The predicted molar refractivity (Wildman–Crippen MR) is 72.2 cm³/mol. The summed E-state index contributed by atoms with van der Waals surface area (Å²) in [6.07, 6.45) is 4.64. The molecular formula is C13H14N4O2. The molecule has 0 spiro atoms. The van der Waals surface area contributed by atoms with Crippen molar-refractivity contribution in [2.75, 3.05) is 24.8 Å². The van der Waals surface area contributed by atoms with Crippen molar-refractivity contribution in [3.05, 3.63) is 42.4 Å². The fraction of sp³-hybridized carbons (Fsp3) is 0.154. The Hall–Kier alpha value is -2.63. The lowest BCUT2D eigenvalue weighted by molar-refractivity contribution is 0.0989. The number of ether oxygens (including phenoxy) is 1. The first-order valence-electron chi connectivity index (χ1n) is 5.61. The van der Waals surface area contributed by atoms with Crippen molar-refractivity contribution in [3.8, 4) is 5.88 Å². The molecule has 6 nitrogen and oxygen atoms in total. The smallest absolute Gasteiger partial charge is 0.263 e. The number of amides is 1. The maximum absolute atomic E-state index is 12.4. The van der Waals surface area contributed by atoms with Crippen LogP contribution in [-0.2, 0) is 0 Å². The predicted octanol–water partition coefficient (Wildman–Crippen LogP) is 1.34. The number of nitrogens with two attached hydrogens (primary N) is 1. The van der Waals surface area contributed by atoms with Gasteiger partial charge >= 0.3 is 0 Å². The largest absolute Gasteiger partial charge is 0.480 e. The van der Waals surface area contributed by atoms with E-state index in [0.717, 1.165) is 0 Å². The van der Waals surface area contributed by atoms with Crippen LogP contribution in [0.2, 0.25) is 0 Å². The Morgan fingerprint density at radius 3 is 2.84 bits per heavy atom. The third-order valence-corrected chi connectivity index (χ3v) is 2.69. The molecule has 0 saturated carbocycles. The Morgan fingerprint density at radius 1 is 1.37 bits per heavy atom. The molecule has 0 aliphatic carbocycles. The number of methoxy groups -OCH3 is 1. The van der Waals surface area contributed by atoms with Crippen molar-refractivity contribution in [2.45, 2.75) is 0 Å². The summed E-state index contributed by atoms with van der Waals surface area (Å²) in [5, 5.41) is 0. The summed E-state index contributed by atoms with van der Waals surface area (Å²) in [5.41, 5.74) is 7.20. The maximum Gasteiger partial charge on any atom is 0.263 e. The summed E-state index contributed by atoms with van der Waals surface area (Å²) < 4.78 is 5.08. The zero-order valence-corrected chi connectivity index (χ0v) is 10.7. The van der Waals surface area contributed by atoms with Crippen LogP contribution in [0, 0.1) is 0 Å². The topological polar surface area (TPSA) is 81.3 Å². The third kappa shape index (κ3) is 2.47. The van der Waals surface area contributed by atoms with Crippen LogP contribution in [0.25, 0.3) is 0 Å². The lowest BCUT2D eigenvalue weighted by atomic mass is 10.2. The van der Waals surface area contributed by atoms with Crippen LogP contribution in [0.4, 0.5) is 11.4 Å². The van der Waals surface area contributed by atoms with Gasteiger partial charge in [0.2, 0.25) is 5.88 Å². The van der Waals surface area contributed by atoms with Gasteiger partial charge in [0, 0.05) is 19.4 Å². The fourth-order valence-electron chi connectivity index (χ4n) is 1.71. The number of hydrogen-bond donors (Lipinski definition) is 1. The van der Waals surface area contributed by atoms with Gasteiger partial charge in [0.25, 0.3) is 5.91 Å². The van der Waals surface area contributed by atoms with Crippen molar-refractivity contribution < 1.29 is 9.53 Å². The lowest BCUT2D eigenvalue weighted by Gasteiger charge is -2.19. The second-order valence-corrected chi connectivity index (χ2v) is 3.86. The Bertz CT molecular complexity index is 601. The third-order valence-electron chi connectivity index (χ3n) is 2.69. The van der Waals surface area contributed by atoms with Gasteiger partial charge < -0.3 is 15.4 Å². The first-order chi connectivity index (χ1) is 9.15. The molecule has 2 N–H and O–H groups in total. The average molecular weight is 258 g/mol. The van der Waals surface area contributed by atoms with Crippen molar-refractivity contribution in [1.29, 1.82) is 0 Å². The van der Waals surface area contributed by atoms with E-state index in [1.54, 1.807) is 37.6 Å². The molecule has 2 aromatic rings. The van der Waals surface area contributed by atoms with Crippen LogP contribution < -0.4 is 15.4 Å². The Kier molecular flexibility index (Phi) is 3.61. The van der Waals surface area contributed by atoms with Gasteiger partial charge in [-0.15, -0.1) is 0 Å². The van der Waals surface area contributed by atoms with Crippen LogP contribution in [0.3, 0.4) is 0 Å². The number of hydrogen-bond acceptors (Lipinski definition) is 5. The van der Waals surface area contributed by atoms with Gasteiger partial charge in [-0.25, -0.2) is 4.98 Å². The van der Waals surface area contributed by atoms with E-state index in [1.807, 2.05) is 0 Å². The number of nitrogen functional groups attached to an aromatic ring is 1. The SMILES string of the molecule is COc1ncccc1C(=O)N(C)c1ccncc1N. The van der Waals surface area contributed by atoms with Crippen LogP contribution in [0.1, 0.15) is 10.4 Å². The monoisotopic (exact) mass is 258 g/mol. The second-order valence-electron chi connectivity index (χ2n) is 3.86. The number of nitrogens with zero attached hydrogens (tertiary/aromatic N) is 3. The van der Waals surface area contributed by atoms with Crippen molar-refractivity contribution >= 4 is 17.3 Å². The summed E-state index contributed by atoms with van der Waals surface area (Å²) in [6.45, 7) is 0. The zero-order valence-electron chi connectivity index (χ0n) is 10.7. The molecule has 2 rings (SSSR count). The summed E-state index contributed by atoms with van der Waals surface area (Å²) in [5.74, 6) is 0.0369. The molecule has 0 fully saturated rings. The van der Waals surface area contributed by atoms with Gasteiger partial charge in [0.1, 0.15) is 5.56 Å². The molecule has 0 unspecified atom stereocenters. The average Bonchev–Trinajstić information content (AvgIpc) is 2.46. The zero-order chi connectivity index (χ0) is 13.8. The number of anilines is 2. The summed E-state index contributed by atoms with van der Waals surface area (Å²) in [4.78, 5) is 21.7. The molecule has 0 bridgehead atoms. The Morgan fingerprint density at radius 2 is 2.16 bits per heavy atom. The molecule has 98 valence electrons. The van der Waals surface area contributed by atoms with Crippen LogP contribution in [0.5, 0.6) is 5.88 Å². The summed E-state index contributed by atoms with van der Waals surface area (Å²) in [7, 11) is 3.11. The van der Waals surface area contributed by atoms with Crippen molar-refractivity contribution in [1.82, 2.24) is 9.97 Å². The van der Waals surface area contributed by atoms with E-state index in [0.29, 0.717) is 16.9 Å². The van der Waals surface area contributed by atoms with Gasteiger partial charge in [-0.05, 0) is 18.2 Å². The van der Waals surface area contributed by atoms with Crippen molar-refractivity contribution in [3.63, 3.8) is 0 Å². The number of carbonyl (C=O) groups excluding carboxylic acids is 1. The Labute approximate surface area is 110 Å². The van der Waals surface area contributed by atoms with Gasteiger partial charge in [0.05, 0.1) is 24.7 Å². The molecule has 0 saturated heterocycles. The quantitative estimate of drug-likeness (QED) is 0.898. The molecule has 2 heterocycles. The van der Waals surface area contributed by atoms with E-state index in [2.05, 4.69) is 9.97 Å². The number of carbonyl (C=O) groups is 1. The molecule has 0 atom stereocenters. The fourth-order valence-corrected chi connectivity index (χ4v) is 1.71. The molecule has 0 aromatic carbocycles. The number of aromatic nitrogens is 2. The molecule has 0 aliphatic heterocycles. The minimum Gasteiger partial charge on any atom is -0.480 e. The van der Waals surface area contributed by atoms with Crippen LogP contribution >= 0.6 is 0 Å². The van der Waals surface area contributed by atoms with Crippen molar-refractivity contribution in [2.24, 2.45) is 0 Å². The molecule has 0 radical (unpaired) electrons. The van der Waals surface area contributed by atoms with E-state index >= 15 is 0 Å². The van der Waals surface area contributed by atoms with Gasteiger partial charge in [-0.3, -0.25) is 9.78 Å². The van der Waals surface area contributed by atoms with Gasteiger partial charge in [-0.1, -0.05) is 0 Å². The number of pyridine rings is 2. The normalized spacial score (nSPS) is 10.0. The molecule has 6 heteroatoms. The minimum atomic E-state index is -0.247. The standard InChI is InChI=1S/C13H14N4O2/c1-17(11-5-7-15-8-10(11)14)13(18)9-4-3-6-16-12(9)19-2/h3-8H,14H2,1-2H3. The first kappa shape index (κ1) is 12.8. The van der Waals surface area contributed by atoms with E-state index in [4.69, 9.17) is 10.5 Å². The summed E-state index contributed by atoms with van der Waals surface area (Å²) >= 11 is 0. The minimum absolute atomic E-state index is 0.247. The highest BCUT2D eigenvalue weighted by Gasteiger charge is 2.19.